The summed E-state index contributed by atoms with van der Waals surface area (Å²) in [7, 11) is 1.46. The summed E-state index contributed by atoms with van der Waals surface area (Å²) in [4.78, 5) is -0.109. The maximum absolute atomic E-state index is 13.0. The first kappa shape index (κ1) is 16.1. The highest BCUT2D eigenvalue weighted by molar-refractivity contribution is 8.13. The number of halogens is 3. The summed E-state index contributed by atoms with van der Waals surface area (Å²) >= 11 is 5.89. The van der Waals surface area contributed by atoms with Crippen LogP contribution in [0.1, 0.15) is 11.1 Å². The summed E-state index contributed by atoms with van der Waals surface area (Å²) in [5.41, 5.74) is 1.28. The molecule has 0 aliphatic heterocycles. The van der Waals surface area contributed by atoms with E-state index in [1.807, 2.05) is 0 Å². The van der Waals surface area contributed by atoms with Crippen molar-refractivity contribution in [3.05, 3.63) is 58.4 Å². The predicted molar refractivity (Wildman–Crippen MR) is 80.0 cm³/mol. The molecule has 0 saturated carbocycles. The maximum atomic E-state index is 13.0. The van der Waals surface area contributed by atoms with Gasteiger partial charge < -0.3 is 4.74 Å². The number of benzene rings is 2. The SMILES string of the molecule is Cc1ccc(OCc2ccc(F)cc2Cl)c(S(=O)(=O)Cl)c1. The van der Waals surface area contributed by atoms with Gasteiger partial charge in [-0.2, -0.15) is 0 Å². The average Bonchev–Trinajstić information content (AvgIpc) is 2.38. The molecule has 0 aliphatic rings. The standard InChI is InChI=1S/C14H11Cl2FO3S/c1-9-2-5-13(14(6-9)21(16,18)19)20-8-10-3-4-11(17)7-12(10)15/h2-7H,8H2,1H3. The Kier molecular flexibility index (Phi) is 4.76. The lowest BCUT2D eigenvalue weighted by Crippen LogP contribution is -2.02. The van der Waals surface area contributed by atoms with Gasteiger partial charge >= 0.3 is 0 Å². The maximum Gasteiger partial charge on any atom is 0.264 e. The molecule has 7 heteroatoms. The fourth-order valence-corrected chi connectivity index (χ4v) is 3.00. The van der Waals surface area contributed by atoms with Gasteiger partial charge in [-0.05, 0) is 36.8 Å². The topological polar surface area (TPSA) is 43.4 Å². The second-order valence-electron chi connectivity index (χ2n) is 4.41. The predicted octanol–water partition coefficient (Wildman–Crippen LogP) is 4.29. The molecule has 0 heterocycles. The second kappa shape index (κ2) is 6.22. The van der Waals surface area contributed by atoms with Crippen LogP contribution in [-0.2, 0) is 15.7 Å². The first-order valence-corrected chi connectivity index (χ1v) is 8.58. The molecule has 2 aromatic carbocycles. The molecule has 21 heavy (non-hydrogen) atoms. The molecule has 0 radical (unpaired) electrons. The number of ether oxygens (including phenoxy) is 1. The zero-order valence-electron chi connectivity index (χ0n) is 10.9. The van der Waals surface area contributed by atoms with E-state index in [-0.39, 0.29) is 22.3 Å². The van der Waals surface area contributed by atoms with Crippen LogP contribution in [0, 0.1) is 12.7 Å². The van der Waals surface area contributed by atoms with Crippen LogP contribution in [0.4, 0.5) is 4.39 Å². The minimum Gasteiger partial charge on any atom is -0.487 e. The zero-order chi connectivity index (χ0) is 15.6. The lowest BCUT2D eigenvalue weighted by Gasteiger charge is -2.11. The van der Waals surface area contributed by atoms with E-state index in [9.17, 15) is 12.8 Å². The number of aryl methyl sites for hydroxylation is 1. The molecule has 112 valence electrons. The van der Waals surface area contributed by atoms with Crippen molar-refractivity contribution in [3.8, 4) is 5.75 Å². The van der Waals surface area contributed by atoms with Gasteiger partial charge in [-0.1, -0.05) is 23.7 Å². The Balaban J connectivity index is 2.28. The van der Waals surface area contributed by atoms with Gasteiger partial charge in [0.1, 0.15) is 23.1 Å². The minimum absolute atomic E-state index is 0.00157. The summed E-state index contributed by atoms with van der Waals surface area (Å²) in [5, 5.41) is 0.206. The largest absolute Gasteiger partial charge is 0.487 e. The molecule has 0 spiro atoms. The quantitative estimate of drug-likeness (QED) is 0.774. The Bertz CT molecular complexity index is 776. The van der Waals surface area contributed by atoms with Crippen molar-refractivity contribution < 1.29 is 17.5 Å². The van der Waals surface area contributed by atoms with Gasteiger partial charge in [0.15, 0.2) is 0 Å². The van der Waals surface area contributed by atoms with Crippen LogP contribution >= 0.6 is 22.3 Å². The summed E-state index contributed by atoms with van der Waals surface area (Å²) < 4.78 is 41.5. The van der Waals surface area contributed by atoms with Crippen LogP contribution in [0.3, 0.4) is 0 Å². The summed E-state index contributed by atoms with van der Waals surface area (Å²) in [6.07, 6.45) is 0. The van der Waals surface area contributed by atoms with Crippen LogP contribution in [0.15, 0.2) is 41.3 Å². The minimum atomic E-state index is -3.92. The highest BCUT2D eigenvalue weighted by Gasteiger charge is 2.17. The molecule has 0 N–H and O–H groups in total. The molecule has 3 nitrogen and oxygen atoms in total. The van der Waals surface area contributed by atoms with Gasteiger partial charge in [-0.25, -0.2) is 12.8 Å². The highest BCUT2D eigenvalue weighted by Crippen LogP contribution is 2.29. The van der Waals surface area contributed by atoms with Crippen molar-refractivity contribution in [2.75, 3.05) is 0 Å². The lowest BCUT2D eigenvalue weighted by molar-refractivity contribution is 0.298. The third-order valence-corrected chi connectivity index (χ3v) is 4.46. The number of hydrogen-bond acceptors (Lipinski definition) is 3. The summed E-state index contributed by atoms with van der Waals surface area (Å²) in [6.45, 7) is 1.74. The van der Waals surface area contributed by atoms with Crippen molar-refractivity contribution in [2.45, 2.75) is 18.4 Å². The Morgan fingerprint density at radius 3 is 2.52 bits per heavy atom. The van der Waals surface area contributed by atoms with E-state index in [2.05, 4.69) is 0 Å². The van der Waals surface area contributed by atoms with Crippen LogP contribution in [0.5, 0.6) is 5.75 Å². The Morgan fingerprint density at radius 2 is 1.90 bits per heavy atom. The third-order valence-electron chi connectivity index (χ3n) is 2.76. The summed E-state index contributed by atoms with van der Waals surface area (Å²) in [6, 6.07) is 8.52. The fraction of sp³-hybridized carbons (Fsp3) is 0.143. The molecule has 2 aromatic rings. The molecule has 0 bridgehead atoms. The Morgan fingerprint density at radius 1 is 1.19 bits per heavy atom. The van der Waals surface area contributed by atoms with Crippen LogP contribution in [0.25, 0.3) is 0 Å². The van der Waals surface area contributed by atoms with E-state index < -0.39 is 14.9 Å². The van der Waals surface area contributed by atoms with E-state index in [1.165, 1.54) is 24.3 Å². The normalized spacial score (nSPS) is 11.4. The van der Waals surface area contributed by atoms with Crippen LogP contribution in [0.2, 0.25) is 5.02 Å². The third kappa shape index (κ3) is 4.09. The monoisotopic (exact) mass is 348 g/mol. The first-order valence-electron chi connectivity index (χ1n) is 5.89. The molecule has 0 aromatic heterocycles. The van der Waals surface area contributed by atoms with Crippen molar-refractivity contribution >= 4 is 31.3 Å². The van der Waals surface area contributed by atoms with E-state index >= 15 is 0 Å². The molecule has 0 atom stereocenters. The van der Waals surface area contributed by atoms with Crippen molar-refractivity contribution in [1.82, 2.24) is 0 Å². The average molecular weight is 349 g/mol. The molecule has 0 aliphatic carbocycles. The Hall–Kier alpha value is -1.30. The lowest BCUT2D eigenvalue weighted by atomic mass is 10.2. The van der Waals surface area contributed by atoms with Gasteiger partial charge in [-0.3, -0.25) is 0 Å². The smallest absolute Gasteiger partial charge is 0.264 e. The molecule has 0 saturated heterocycles. The van der Waals surface area contributed by atoms with Gasteiger partial charge in [0, 0.05) is 16.2 Å². The fourth-order valence-electron chi connectivity index (χ4n) is 1.72. The van der Waals surface area contributed by atoms with E-state index in [4.69, 9.17) is 27.0 Å². The molecule has 2 rings (SSSR count). The molecule has 0 fully saturated rings. The van der Waals surface area contributed by atoms with Crippen LogP contribution < -0.4 is 4.74 Å². The molecule has 0 unspecified atom stereocenters. The number of hydrogen-bond donors (Lipinski definition) is 0. The van der Waals surface area contributed by atoms with Crippen molar-refractivity contribution in [2.24, 2.45) is 0 Å². The highest BCUT2D eigenvalue weighted by atomic mass is 35.7. The van der Waals surface area contributed by atoms with Crippen molar-refractivity contribution in [1.29, 1.82) is 0 Å². The van der Waals surface area contributed by atoms with Gasteiger partial charge in [0.25, 0.3) is 9.05 Å². The van der Waals surface area contributed by atoms with Gasteiger partial charge in [0.2, 0.25) is 0 Å². The molecular weight excluding hydrogens is 338 g/mol. The van der Waals surface area contributed by atoms with E-state index in [1.54, 1.807) is 13.0 Å². The van der Waals surface area contributed by atoms with Gasteiger partial charge in [0.05, 0.1) is 5.02 Å². The van der Waals surface area contributed by atoms with E-state index in [0.29, 0.717) is 5.56 Å². The van der Waals surface area contributed by atoms with E-state index in [0.717, 1.165) is 11.6 Å². The Labute approximate surface area is 131 Å². The number of rotatable bonds is 4. The second-order valence-corrected chi connectivity index (χ2v) is 7.35. The first-order chi connectivity index (χ1) is 9.77. The zero-order valence-corrected chi connectivity index (χ0v) is 13.3. The molecule has 0 amide bonds. The van der Waals surface area contributed by atoms with Crippen molar-refractivity contribution in [3.63, 3.8) is 0 Å². The van der Waals surface area contributed by atoms with Crippen LogP contribution in [-0.4, -0.2) is 8.42 Å². The summed E-state index contributed by atoms with van der Waals surface area (Å²) in [5.74, 6) is -0.334. The van der Waals surface area contributed by atoms with Gasteiger partial charge in [-0.15, -0.1) is 0 Å². The molecular formula is C14H11Cl2FO3S.